The van der Waals surface area contributed by atoms with Gasteiger partial charge in [0, 0.05) is 38.8 Å². The highest BCUT2D eigenvalue weighted by molar-refractivity contribution is 5.92. The number of anilines is 1. The van der Waals surface area contributed by atoms with E-state index in [0.717, 1.165) is 24.2 Å². The smallest absolute Gasteiger partial charge is 0.291 e. The van der Waals surface area contributed by atoms with Gasteiger partial charge >= 0.3 is 0 Å². The Kier molecular flexibility index (Phi) is 4.94. The summed E-state index contributed by atoms with van der Waals surface area (Å²) in [6.45, 7) is 9.96. The lowest BCUT2D eigenvalue weighted by molar-refractivity contribution is 0.0732. The predicted molar refractivity (Wildman–Crippen MR) is 97.1 cm³/mol. The van der Waals surface area contributed by atoms with Crippen LogP contribution >= 0.6 is 0 Å². The van der Waals surface area contributed by atoms with Gasteiger partial charge in [-0.15, -0.1) is 0 Å². The van der Waals surface area contributed by atoms with Gasteiger partial charge in [0.1, 0.15) is 11.9 Å². The first-order chi connectivity index (χ1) is 12.4. The van der Waals surface area contributed by atoms with E-state index in [0.29, 0.717) is 48.4 Å². The molecule has 0 spiro atoms. The molecule has 0 saturated carbocycles. The Labute approximate surface area is 153 Å². The van der Waals surface area contributed by atoms with Crippen molar-refractivity contribution in [2.45, 2.75) is 34.1 Å². The van der Waals surface area contributed by atoms with E-state index < -0.39 is 0 Å². The molecular formula is C19H23N5O2. The average molecular weight is 353 g/mol. The summed E-state index contributed by atoms with van der Waals surface area (Å²) in [7, 11) is 0. The third kappa shape index (κ3) is 3.40. The number of aryl methyl sites for hydroxylation is 4. The largest absolute Gasteiger partial charge is 0.436 e. The fourth-order valence-electron chi connectivity index (χ4n) is 3.39. The average Bonchev–Trinajstić information content (AvgIpc) is 2.79. The van der Waals surface area contributed by atoms with E-state index in [-0.39, 0.29) is 5.91 Å². The Bertz CT molecular complexity index is 881. The fourth-order valence-corrected chi connectivity index (χ4v) is 3.39. The number of nitrogens with zero attached hydrogens (tertiary/aromatic N) is 5. The van der Waals surface area contributed by atoms with Crippen LogP contribution in [0.1, 0.15) is 45.4 Å². The van der Waals surface area contributed by atoms with Gasteiger partial charge < -0.3 is 14.2 Å². The number of nitriles is 1. The monoisotopic (exact) mass is 353 g/mol. The molecule has 0 aromatic carbocycles. The van der Waals surface area contributed by atoms with Gasteiger partial charge in [-0.3, -0.25) is 4.79 Å². The van der Waals surface area contributed by atoms with Gasteiger partial charge in [-0.1, -0.05) is 0 Å². The van der Waals surface area contributed by atoms with Gasteiger partial charge in [0.15, 0.2) is 5.89 Å². The minimum atomic E-state index is -0.126. The van der Waals surface area contributed by atoms with Gasteiger partial charge in [0.05, 0.1) is 11.3 Å². The number of oxazole rings is 1. The molecule has 0 aliphatic carbocycles. The van der Waals surface area contributed by atoms with Crippen molar-refractivity contribution in [3.05, 3.63) is 40.2 Å². The molecule has 0 radical (unpaired) electrons. The summed E-state index contributed by atoms with van der Waals surface area (Å²) in [5.74, 6) is 1.41. The molecule has 2 aromatic heterocycles. The van der Waals surface area contributed by atoms with E-state index in [1.54, 1.807) is 18.7 Å². The first-order valence-electron chi connectivity index (χ1n) is 8.77. The van der Waals surface area contributed by atoms with Crippen molar-refractivity contribution in [3.8, 4) is 6.07 Å². The highest BCUT2D eigenvalue weighted by Gasteiger charge is 2.26. The molecule has 7 heteroatoms. The van der Waals surface area contributed by atoms with Crippen LogP contribution < -0.4 is 4.90 Å². The van der Waals surface area contributed by atoms with Crippen LogP contribution in [0.25, 0.3) is 0 Å². The minimum Gasteiger partial charge on any atom is -0.436 e. The van der Waals surface area contributed by atoms with Crippen LogP contribution in [0.4, 0.5) is 5.82 Å². The van der Waals surface area contributed by atoms with Crippen molar-refractivity contribution < 1.29 is 9.21 Å². The van der Waals surface area contributed by atoms with Crippen LogP contribution in [-0.4, -0.2) is 47.0 Å². The van der Waals surface area contributed by atoms with Crippen LogP contribution in [0.15, 0.2) is 10.5 Å². The van der Waals surface area contributed by atoms with Crippen molar-refractivity contribution in [1.82, 2.24) is 14.9 Å². The molecule has 1 aliphatic heterocycles. The zero-order valence-corrected chi connectivity index (χ0v) is 15.7. The first-order valence-corrected chi connectivity index (χ1v) is 8.77. The van der Waals surface area contributed by atoms with E-state index in [1.165, 1.54) is 0 Å². The second kappa shape index (κ2) is 7.16. The van der Waals surface area contributed by atoms with E-state index in [1.807, 2.05) is 19.9 Å². The SMILES string of the molecule is Cc1cc(C)c(C#N)c(N2CCCN(C(=O)c3oc(C)nc3C)CC2)n1. The van der Waals surface area contributed by atoms with Gasteiger partial charge in [-0.05, 0) is 38.8 Å². The molecule has 7 nitrogen and oxygen atoms in total. The molecule has 0 atom stereocenters. The van der Waals surface area contributed by atoms with Crippen LogP contribution in [0, 0.1) is 39.0 Å². The zero-order chi connectivity index (χ0) is 18.8. The molecule has 136 valence electrons. The molecule has 1 aliphatic rings. The number of rotatable bonds is 2. The zero-order valence-electron chi connectivity index (χ0n) is 15.7. The highest BCUT2D eigenvalue weighted by Crippen LogP contribution is 2.23. The number of amides is 1. The second-order valence-electron chi connectivity index (χ2n) is 6.67. The summed E-state index contributed by atoms with van der Waals surface area (Å²) < 4.78 is 5.48. The van der Waals surface area contributed by atoms with E-state index >= 15 is 0 Å². The quantitative estimate of drug-likeness (QED) is 0.824. The maximum Gasteiger partial charge on any atom is 0.291 e. The topological polar surface area (TPSA) is 86.3 Å². The number of carbonyl (C=O) groups excluding carboxylic acids is 1. The number of hydrogen-bond acceptors (Lipinski definition) is 6. The Hall–Kier alpha value is -2.88. The third-order valence-corrected chi connectivity index (χ3v) is 4.62. The number of pyridine rings is 1. The maximum absolute atomic E-state index is 12.8. The summed E-state index contributed by atoms with van der Waals surface area (Å²) in [6, 6.07) is 4.19. The molecule has 26 heavy (non-hydrogen) atoms. The van der Waals surface area contributed by atoms with Crippen molar-refractivity contribution in [2.24, 2.45) is 0 Å². The van der Waals surface area contributed by atoms with E-state index in [2.05, 4.69) is 20.9 Å². The summed E-state index contributed by atoms with van der Waals surface area (Å²) >= 11 is 0. The fraction of sp³-hybridized carbons (Fsp3) is 0.474. The Morgan fingerprint density at radius 3 is 2.58 bits per heavy atom. The lowest BCUT2D eigenvalue weighted by Gasteiger charge is -2.24. The minimum absolute atomic E-state index is 0.126. The molecule has 2 aromatic rings. The van der Waals surface area contributed by atoms with Crippen molar-refractivity contribution in [1.29, 1.82) is 5.26 Å². The van der Waals surface area contributed by atoms with Crippen LogP contribution in [-0.2, 0) is 0 Å². The molecule has 0 bridgehead atoms. The number of carbonyl (C=O) groups is 1. The molecule has 0 unspecified atom stereocenters. The second-order valence-corrected chi connectivity index (χ2v) is 6.67. The van der Waals surface area contributed by atoms with Gasteiger partial charge in [0.25, 0.3) is 5.91 Å². The van der Waals surface area contributed by atoms with Gasteiger partial charge in [-0.2, -0.15) is 5.26 Å². The Morgan fingerprint density at radius 1 is 1.15 bits per heavy atom. The number of aromatic nitrogens is 2. The Balaban J connectivity index is 1.80. The lowest BCUT2D eigenvalue weighted by Crippen LogP contribution is -2.35. The van der Waals surface area contributed by atoms with Crippen LogP contribution in [0.2, 0.25) is 0 Å². The molecule has 3 rings (SSSR count). The Morgan fingerprint density at radius 2 is 1.92 bits per heavy atom. The maximum atomic E-state index is 12.8. The summed E-state index contributed by atoms with van der Waals surface area (Å²) in [4.78, 5) is 25.4. The highest BCUT2D eigenvalue weighted by atomic mass is 16.4. The summed E-state index contributed by atoms with van der Waals surface area (Å²) in [6.07, 6.45) is 0.803. The third-order valence-electron chi connectivity index (χ3n) is 4.62. The van der Waals surface area contributed by atoms with E-state index in [9.17, 15) is 10.1 Å². The molecule has 1 fully saturated rings. The van der Waals surface area contributed by atoms with Gasteiger partial charge in [-0.25, -0.2) is 9.97 Å². The van der Waals surface area contributed by atoms with Crippen molar-refractivity contribution in [2.75, 3.05) is 31.1 Å². The normalized spacial score (nSPS) is 14.9. The van der Waals surface area contributed by atoms with Crippen LogP contribution in [0.3, 0.4) is 0 Å². The van der Waals surface area contributed by atoms with Crippen molar-refractivity contribution >= 4 is 11.7 Å². The molecular weight excluding hydrogens is 330 g/mol. The van der Waals surface area contributed by atoms with E-state index in [4.69, 9.17) is 4.42 Å². The molecule has 1 amide bonds. The summed E-state index contributed by atoms with van der Waals surface area (Å²) in [5, 5.41) is 9.51. The predicted octanol–water partition coefficient (Wildman–Crippen LogP) is 2.53. The molecule has 1 saturated heterocycles. The first kappa shape index (κ1) is 17.9. The van der Waals surface area contributed by atoms with Gasteiger partial charge in [0.2, 0.25) is 5.76 Å². The van der Waals surface area contributed by atoms with Crippen molar-refractivity contribution in [3.63, 3.8) is 0 Å². The summed E-state index contributed by atoms with van der Waals surface area (Å²) in [5.41, 5.74) is 3.05. The number of hydrogen-bond donors (Lipinski definition) is 0. The molecule has 3 heterocycles. The standard InChI is InChI=1S/C19H23N5O2/c1-12-10-13(2)21-18(16(12)11-20)23-6-5-7-24(9-8-23)19(25)17-14(3)22-15(4)26-17/h10H,5-9H2,1-4H3. The molecule has 0 N–H and O–H groups in total. The lowest BCUT2D eigenvalue weighted by atomic mass is 10.1. The van der Waals surface area contributed by atoms with Crippen LogP contribution in [0.5, 0.6) is 0 Å².